The van der Waals surface area contributed by atoms with Gasteiger partial charge >= 0.3 is 5.97 Å². The fourth-order valence-corrected chi connectivity index (χ4v) is 2.80. The maximum Gasteiger partial charge on any atom is 0.338 e. The highest BCUT2D eigenvalue weighted by molar-refractivity contribution is 5.92. The Morgan fingerprint density at radius 1 is 1.12 bits per heavy atom. The van der Waals surface area contributed by atoms with Crippen molar-refractivity contribution in [3.05, 3.63) is 58.7 Å². The molecule has 0 spiro atoms. The van der Waals surface area contributed by atoms with Crippen LogP contribution in [0.25, 0.3) is 0 Å². The quantitative estimate of drug-likeness (QED) is 0.835. The first-order valence-corrected chi connectivity index (χ1v) is 8.37. The van der Waals surface area contributed by atoms with Gasteiger partial charge in [-0.2, -0.15) is 0 Å². The lowest BCUT2D eigenvalue weighted by atomic mass is 10.1. The van der Waals surface area contributed by atoms with Crippen LogP contribution in [0.5, 0.6) is 11.5 Å². The lowest BCUT2D eigenvalue weighted by Gasteiger charge is -2.15. The van der Waals surface area contributed by atoms with Crippen LogP contribution in [0.3, 0.4) is 0 Å². The van der Waals surface area contributed by atoms with Crippen molar-refractivity contribution in [3.63, 3.8) is 0 Å². The number of benzene rings is 2. The molecule has 1 N–H and O–H groups in total. The number of fused-ring (bicyclic) bond motifs is 1. The Balaban J connectivity index is 1.54. The molecule has 0 bridgehead atoms. The van der Waals surface area contributed by atoms with Gasteiger partial charge in [-0.25, -0.2) is 4.79 Å². The number of hydrogen-bond acceptors (Lipinski definition) is 5. The van der Waals surface area contributed by atoms with Crippen LogP contribution < -0.4 is 14.8 Å². The SMILES string of the molecule is Cc1ccc(C(=O)OCC(=O)N[C@H](C)c2ccc3c(c2)OCO3)c(C)c1. The molecular weight excluding hydrogens is 334 g/mol. The molecule has 0 saturated carbocycles. The summed E-state index contributed by atoms with van der Waals surface area (Å²) in [6.45, 7) is 5.51. The van der Waals surface area contributed by atoms with E-state index >= 15 is 0 Å². The number of carbonyl (C=O) groups is 2. The van der Waals surface area contributed by atoms with Crippen LogP contribution >= 0.6 is 0 Å². The van der Waals surface area contributed by atoms with Crippen LogP contribution in [0.4, 0.5) is 0 Å². The monoisotopic (exact) mass is 355 g/mol. The van der Waals surface area contributed by atoms with Crippen LogP contribution in [-0.2, 0) is 9.53 Å². The average molecular weight is 355 g/mol. The molecule has 26 heavy (non-hydrogen) atoms. The molecule has 0 saturated heterocycles. The molecular formula is C20H21NO5. The summed E-state index contributed by atoms with van der Waals surface area (Å²) in [5, 5.41) is 2.81. The summed E-state index contributed by atoms with van der Waals surface area (Å²) in [4.78, 5) is 24.2. The van der Waals surface area contributed by atoms with E-state index in [1.165, 1.54) is 0 Å². The van der Waals surface area contributed by atoms with E-state index in [1.807, 2.05) is 45.0 Å². The molecule has 0 fully saturated rings. The second-order valence-electron chi connectivity index (χ2n) is 6.30. The first-order chi connectivity index (χ1) is 12.4. The average Bonchev–Trinajstić information content (AvgIpc) is 3.07. The van der Waals surface area contributed by atoms with Gasteiger partial charge in [0.15, 0.2) is 18.1 Å². The molecule has 0 radical (unpaired) electrons. The van der Waals surface area contributed by atoms with E-state index < -0.39 is 5.97 Å². The Kier molecular flexibility index (Phi) is 5.11. The van der Waals surface area contributed by atoms with E-state index in [9.17, 15) is 9.59 Å². The first kappa shape index (κ1) is 17.8. The van der Waals surface area contributed by atoms with Gasteiger partial charge in [0.25, 0.3) is 5.91 Å². The van der Waals surface area contributed by atoms with Crippen LogP contribution in [0.1, 0.15) is 40.0 Å². The van der Waals surface area contributed by atoms with Crippen LogP contribution in [-0.4, -0.2) is 25.3 Å². The molecule has 2 aromatic carbocycles. The molecule has 0 aliphatic carbocycles. The molecule has 1 aliphatic heterocycles. The summed E-state index contributed by atoms with van der Waals surface area (Å²) >= 11 is 0. The van der Waals surface area contributed by atoms with Crippen LogP contribution in [0.2, 0.25) is 0 Å². The normalized spacial score (nSPS) is 13.2. The first-order valence-electron chi connectivity index (χ1n) is 8.37. The molecule has 136 valence electrons. The Hall–Kier alpha value is -3.02. The van der Waals surface area contributed by atoms with Gasteiger partial charge in [-0.1, -0.05) is 23.8 Å². The lowest BCUT2D eigenvalue weighted by molar-refractivity contribution is -0.124. The molecule has 0 unspecified atom stereocenters. The zero-order chi connectivity index (χ0) is 18.7. The fraction of sp³-hybridized carbons (Fsp3) is 0.300. The highest BCUT2D eigenvalue weighted by atomic mass is 16.7. The Morgan fingerprint density at radius 3 is 2.65 bits per heavy atom. The maximum atomic E-state index is 12.1. The van der Waals surface area contributed by atoms with Gasteiger partial charge in [0.1, 0.15) is 0 Å². The zero-order valence-electron chi connectivity index (χ0n) is 15.0. The molecule has 2 aromatic rings. The minimum atomic E-state index is -0.506. The molecule has 1 amide bonds. The molecule has 1 atom stereocenters. The van der Waals surface area contributed by atoms with Crippen LogP contribution in [0, 0.1) is 13.8 Å². The Bertz CT molecular complexity index is 846. The minimum absolute atomic E-state index is 0.202. The number of ether oxygens (including phenoxy) is 3. The predicted molar refractivity (Wildman–Crippen MR) is 95.3 cm³/mol. The van der Waals surface area contributed by atoms with Crippen LogP contribution in [0.15, 0.2) is 36.4 Å². The molecule has 3 rings (SSSR count). The highest BCUT2D eigenvalue weighted by Crippen LogP contribution is 2.34. The number of hydrogen-bond donors (Lipinski definition) is 1. The number of aryl methyl sites for hydroxylation is 2. The molecule has 1 heterocycles. The predicted octanol–water partition coefficient (Wildman–Crippen LogP) is 3.07. The second kappa shape index (κ2) is 7.47. The van der Waals surface area contributed by atoms with Gasteiger partial charge in [0.05, 0.1) is 11.6 Å². The number of nitrogens with one attached hydrogen (secondary N) is 1. The zero-order valence-corrected chi connectivity index (χ0v) is 15.0. The summed E-state index contributed by atoms with van der Waals surface area (Å²) in [5.74, 6) is 0.473. The summed E-state index contributed by atoms with van der Waals surface area (Å²) in [6.07, 6.45) is 0. The fourth-order valence-electron chi connectivity index (χ4n) is 2.80. The van der Waals surface area contributed by atoms with Crippen molar-refractivity contribution >= 4 is 11.9 Å². The third-order valence-corrected chi connectivity index (χ3v) is 4.21. The number of esters is 1. The smallest absolute Gasteiger partial charge is 0.338 e. The van der Waals surface area contributed by atoms with Crippen molar-refractivity contribution in [3.8, 4) is 11.5 Å². The number of rotatable bonds is 5. The van der Waals surface area contributed by atoms with Gasteiger partial charge in [0, 0.05) is 0 Å². The van der Waals surface area contributed by atoms with Gasteiger partial charge in [0.2, 0.25) is 6.79 Å². The Labute approximate surface area is 152 Å². The summed E-state index contributed by atoms with van der Waals surface area (Å²) in [5.41, 5.74) is 3.23. The number of carbonyl (C=O) groups excluding carboxylic acids is 2. The second-order valence-corrected chi connectivity index (χ2v) is 6.30. The van der Waals surface area contributed by atoms with Gasteiger partial charge in [-0.15, -0.1) is 0 Å². The van der Waals surface area contributed by atoms with Gasteiger partial charge in [-0.05, 0) is 50.1 Å². The van der Waals surface area contributed by atoms with E-state index in [1.54, 1.807) is 12.1 Å². The van der Waals surface area contributed by atoms with E-state index in [2.05, 4.69) is 5.32 Å². The minimum Gasteiger partial charge on any atom is -0.454 e. The lowest BCUT2D eigenvalue weighted by Crippen LogP contribution is -2.31. The largest absolute Gasteiger partial charge is 0.454 e. The van der Waals surface area contributed by atoms with Crippen molar-refractivity contribution in [1.29, 1.82) is 0 Å². The third-order valence-electron chi connectivity index (χ3n) is 4.21. The van der Waals surface area contributed by atoms with E-state index in [0.29, 0.717) is 17.1 Å². The summed E-state index contributed by atoms with van der Waals surface area (Å²) in [6, 6.07) is 10.7. The maximum absolute atomic E-state index is 12.1. The third kappa shape index (κ3) is 3.96. The van der Waals surface area contributed by atoms with Crippen molar-refractivity contribution in [2.45, 2.75) is 26.8 Å². The molecule has 1 aliphatic rings. The standard InChI is InChI=1S/C20H21NO5/c1-12-4-6-16(13(2)8-12)20(23)24-10-19(22)21-14(3)15-5-7-17-18(9-15)26-11-25-17/h4-9,14H,10-11H2,1-3H3,(H,21,22)/t14-/m1/s1. The molecule has 6 nitrogen and oxygen atoms in total. The Morgan fingerprint density at radius 2 is 1.88 bits per heavy atom. The number of amides is 1. The topological polar surface area (TPSA) is 73.9 Å². The van der Waals surface area contributed by atoms with Crippen molar-refractivity contribution in [2.75, 3.05) is 13.4 Å². The molecule has 0 aromatic heterocycles. The van der Waals surface area contributed by atoms with E-state index in [0.717, 1.165) is 16.7 Å². The highest BCUT2D eigenvalue weighted by Gasteiger charge is 2.18. The van der Waals surface area contributed by atoms with E-state index in [4.69, 9.17) is 14.2 Å². The van der Waals surface area contributed by atoms with Crippen molar-refractivity contribution < 1.29 is 23.8 Å². The van der Waals surface area contributed by atoms with E-state index in [-0.39, 0.29) is 25.3 Å². The van der Waals surface area contributed by atoms with Gasteiger partial charge in [-0.3, -0.25) is 4.79 Å². The summed E-state index contributed by atoms with van der Waals surface area (Å²) in [7, 11) is 0. The van der Waals surface area contributed by atoms with Crippen molar-refractivity contribution in [1.82, 2.24) is 5.32 Å². The summed E-state index contributed by atoms with van der Waals surface area (Å²) < 4.78 is 15.7. The molecule has 6 heteroatoms. The van der Waals surface area contributed by atoms with Gasteiger partial charge < -0.3 is 19.5 Å². The van der Waals surface area contributed by atoms with Crippen molar-refractivity contribution in [2.24, 2.45) is 0 Å².